The summed E-state index contributed by atoms with van der Waals surface area (Å²) in [5.41, 5.74) is 0.886. The summed E-state index contributed by atoms with van der Waals surface area (Å²) in [6, 6.07) is 6.98. The lowest BCUT2D eigenvalue weighted by Crippen LogP contribution is -1.73. The number of rotatable bonds is 1. The quantitative estimate of drug-likeness (QED) is 0.534. The summed E-state index contributed by atoms with van der Waals surface area (Å²) in [6.45, 7) is 3.52. The van der Waals surface area contributed by atoms with Crippen molar-refractivity contribution in [1.82, 2.24) is 0 Å². The van der Waals surface area contributed by atoms with Gasteiger partial charge in [-0.15, -0.1) is 0 Å². The van der Waals surface area contributed by atoms with Crippen molar-refractivity contribution in [1.29, 1.82) is 0 Å². The third-order valence-corrected chi connectivity index (χ3v) is 1.03. The highest BCUT2D eigenvalue weighted by atomic mass is 19.1. The van der Waals surface area contributed by atoms with Gasteiger partial charge in [0, 0.05) is 6.07 Å². The van der Waals surface area contributed by atoms with Crippen molar-refractivity contribution in [3.63, 3.8) is 0 Å². The standard InChI is InChI=1S/C8H6F/c1-2-7-3-5-8(9)6-4-7/h2-5H,1H2. The van der Waals surface area contributed by atoms with Crippen LogP contribution < -0.4 is 0 Å². The third kappa shape index (κ3) is 1.39. The predicted molar refractivity (Wildman–Crippen MR) is 35.3 cm³/mol. The summed E-state index contributed by atoms with van der Waals surface area (Å²) in [4.78, 5) is 0. The lowest BCUT2D eigenvalue weighted by atomic mass is 10.2. The highest BCUT2D eigenvalue weighted by molar-refractivity contribution is 5.45. The van der Waals surface area contributed by atoms with Crippen molar-refractivity contribution in [3.05, 3.63) is 42.2 Å². The maximum atomic E-state index is 12.1. The number of halogens is 1. The molecule has 1 heteroatoms. The molecule has 0 aliphatic rings. The van der Waals surface area contributed by atoms with E-state index < -0.39 is 0 Å². The average Bonchev–Trinajstić information content (AvgIpc) is 1.90. The van der Waals surface area contributed by atoms with Crippen LogP contribution >= 0.6 is 0 Å². The van der Waals surface area contributed by atoms with Gasteiger partial charge in [-0.3, -0.25) is 0 Å². The summed E-state index contributed by atoms with van der Waals surface area (Å²) in [6.07, 6.45) is 1.65. The maximum absolute atomic E-state index is 12.1. The van der Waals surface area contributed by atoms with Crippen LogP contribution in [0, 0.1) is 11.9 Å². The fourth-order valence-corrected chi connectivity index (χ4v) is 0.545. The zero-order valence-corrected chi connectivity index (χ0v) is 4.89. The van der Waals surface area contributed by atoms with Crippen molar-refractivity contribution in [3.8, 4) is 0 Å². The monoisotopic (exact) mass is 121 g/mol. The SMILES string of the molecule is C=Cc1c[c]c(F)cc1. The Morgan fingerprint density at radius 2 is 2.33 bits per heavy atom. The van der Waals surface area contributed by atoms with Crippen molar-refractivity contribution >= 4 is 6.08 Å². The summed E-state index contributed by atoms with van der Waals surface area (Å²) >= 11 is 0. The van der Waals surface area contributed by atoms with Crippen LogP contribution in [0.4, 0.5) is 4.39 Å². The fraction of sp³-hybridized carbons (Fsp3) is 0. The molecule has 0 bridgehead atoms. The second-order valence-electron chi connectivity index (χ2n) is 1.67. The van der Waals surface area contributed by atoms with Gasteiger partial charge in [0.1, 0.15) is 5.82 Å². The van der Waals surface area contributed by atoms with Gasteiger partial charge >= 0.3 is 0 Å². The summed E-state index contributed by atoms with van der Waals surface area (Å²) < 4.78 is 12.1. The summed E-state index contributed by atoms with van der Waals surface area (Å²) in [5, 5.41) is 0. The molecule has 0 aliphatic carbocycles. The normalized spacial score (nSPS) is 9.00. The first kappa shape index (κ1) is 6.02. The molecule has 0 saturated carbocycles. The molecule has 0 amide bonds. The highest BCUT2D eigenvalue weighted by Gasteiger charge is 1.86. The van der Waals surface area contributed by atoms with Crippen LogP contribution in [0.2, 0.25) is 0 Å². The van der Waals surface area contributed by atoms with Crippen LogP contribution in [0.5, 0.6) is 0 Å². The molecular weight excluding hydrogens is 115 g/mol. The second kappa shape index (κ2) is 2.44. The van der Waals surface area contributed by atoms with E-state index in [2.05, 4.69) is 12.6 Å². The minimum atomic E-state index is -0.333. The first-order chi connectivity index (χ1) is 4.33. The first-order valence-corrected chi connectivity index (χ1v) is 2.62. The van der Waals surface area contributed by atoms with Crippen LogP contribution in [0.15, 0.2) is 24.8 Å². The zero-order valence-electron chi connectivity index (χ0n) is 4.89. The van der Waals surface area contributed by atoms with E-state index in [1.807, 2.05) is 0 Å². The molecule has 1 rings (SSSR count). The zero-order chi connectivity index (χ0) is 6.69. The number of hydrogen-bond donors (Lipinski definition) is 0. The molecule has 1 aromatic rings. The molecule has 0 heterocycles. The molecule has 0 fully saturated rings. The van der Waals surface area contributed by atoms with Gasteiger partial charge in [0.25, 0.3) is 0 Å². The van der Waals surface area contributed by atoms with Crippen LogP contribution in [0.1, 0.15) is 5.56 Å². The Morgan fingerprint density at radius 1 is 1.56 bits per heavy atom. The van der Waals surface area contributed by atoms with E-state index in [9.17, 15) is 4.39 Å². The molecule has 9 heavy (non-hydrogen) atoms. The van der Waals surface area contributed by atoms with E-state index >= 15 is 0 Å². The Balaban J connectivity index is 3.01. The minimum Gasteiger partial charge on any atom is -0.206 e. The molecule has 0 atom stereocenters. The largest absolute Gasteiger partial charge is 0.206 e. The van der Waals surface area contributed by atoms with Crippen LogP contribution in [0.25, 0.3) is 6.08 Å². The number of hydrogen-bond acceptors (Lipinski definition) is 0. The Kier molecular flexibility index (Phi) is 1.63. The molecule has 0 aliphatic heterocycles. The Bertz CT molecular complexity index is 198. The number of benzene rings is 1. The van der Waals surface area contributed by atoms with Gasteiger partial charge in [-0.1, -0.05) is 18.7 Å². The van der Waals surface area contributed by atoms with Crippen LogP contribution in [-0.2, 0) is 0 Å². The minimum absolute atomic E-state index is 0.333. The summed E-state index contributed by atoms with van der Waals surface area (Å²) in [7, 11) is 0. The van der Waals surface area contributed by atoms with Gasteiger partial charge in [-0.2, -0.15) is 0 Å². The maximum Gasteiger partial charge on any atom is 0.131 e. The first-order valence-electron chi connectivity index (χ1n) is 2.62. The van der Waals surface area contributed by atoms with Gasteiger partial charge in [0.15, 0.2) is 0 Å². The smallest absolute Gasteiger partial charge is 0.131 e. The van der Waals surface area contributed by atoms with Crippen LogP contribution in [0.3, 0.4) is 0 Å². The molecule has 1 radical (unpaired) electrons. The third-order valence-electron chi connectivity index (χ3n) is 1.03. The van der Waals surface area contributed by atoms with Crippen LogP contribution in [-0.4, -0.2) is 0 Å². The summed E-state index contributed by atoms with van der Waals surface area (Å²) in [5.74, 6) is -0.333. The van der Waals surface area contributed by atoms with Crippen molar-refractivity contribution in [2.45, 2.75) is 0 Å². The Hall–Kier alpha value is -1.11. The fourth-order valence-electron chi connectivity index (χ4n) is 0.545. The van der Waals surface area contributed by atoms with E-state index in [1.165, 1.54) is 6.07 Å². The Labute approximate surface area is 53.6 Å². The van der Waals surface area contributed by atoms with Gasteiger partial charge < -0.3 is 0 Å². The molecule has 45 valence electrons. The lowest BCUT2D eigenvalue weighted by Gasteiger charge is -1.88. The van der Waals surface area contributed by atoms with Crippen molar-refractivity contribution in [2.75, 3.05) is 0 Å². The van der Waals surface area contributed by atoms with E-state index in [-0.39, 0.29) is 5.82 Å². The van der Waals surface area contributed by atoms with E-state index in [0.717, 1.165) is 5.56 Å². The molecule has 0 spiro atoms. The molecule has 0 nitrogen and oxygen atoms in total. The second-order valence-corrected chi connectivity index (χ2v) is 1.67. The topological polar surface area (TPSA) is 0 Å². The van der Waals surface area contributed by atoms with Gasteiger partial charge in [0.05, 0.1) is 0 Å². The van der Waals surface area contributed by atoms with Gasteiger partial charge in [-0.25, -0.2) is 4.39 Å². The molecule has 0 unspecified atom stereocenters. The molecule has 1 aromatic carbocycles. The van der Waals surface area contributed by atoms with Gasteiger partial charge in [-0.05, 0) is 17.7 Å². The molecule has 0 N–H and O–H groups in total. The average molecular weight is 121 g/mol. The van der Waals surface area contributed by atoms with E-state index in [4.69, 9.17) is 0 Å². The highest BCUT2D eigenvalue weighted by Crippen LogP contribution is 2.01. The molecular formula is C8H6F. The van der Waals surface area contributed by atoms with Crippen molar-refractivity contribution < 1.29 is 4.39 Å². The molecule has 0 saturated heterocycles. The lowest BCUT2D eigenvalue weighted by molar-refractivity contribution is 0.625. The van der Waals surface area contributed by atoms with E-state index in [0.29, 0.717) is 0 Å². The van der Waals surface area contributed by atoms with Crippen molar-refractivity contribution in [2.24, 2.45) is 0 Å². The Morgan fingerprint density at radius 3 is 2.78 bits per heavy atom. The predicted octanol–water partition coefficient (Wildman–Crippen LogP) is 2.27. The molecule has 0 aromatic heterocycles. The van der Waals surface area contributed by atoms with E-state index in [1.54, 1.807) is 18.2 Å². The van der Waals surface area contributed by atoms with Gasteiger partial charge in [0.2, 0.25) is 0 Å².